The van der Waals surface area contributed by atoms with Crippen LogP contribution in [0.1, 0.15) is 11.6 Å². The Morgan fingerprint density at radius 3 is 2.67 bits per heavy atom. The molecule has 0 saturated heterocycles. The van der Waals surface area contributed by atoms with Gasteiger partial charge in [-0.25, -0.2) is 0 Å². The van der Waals surface area contributed by atoms with Crippen LogP contribution in [-0.4, -0.2) is 18.2 Å². The zero-order valence-corrected chi connectivity index (χ0v) is 10.3. The van der Waals surface area contributed by atoms with Crippen molar-refractivity contribution in [1.82, 2.24) is 0 Å². The lowest BCUT2D eigenvalue weighted by Crippen LogP contribution is -2.22. The zero-order valence-electron chi connectivity index (χ0n) is 7.94. The zero-order chi connectivity index (χ0) is 10.7. The van der Waals surface area contributed by atoms with Gasteiger partial charge in [-0.2, -0.15) is 0 Å². The summed E-state index contributed by atoms with van der Waals surface area (Å²) < 4.78 is 5.18. The van der Waals surface area contributed by atoms with E-state index in [9.17, 15) is 9.90 Å². The second-order valence-electron chi connectivity index (χ2n) is 2.70. The summed E-state index contributed by atoms with van der Waals surface area (Å²) in [4.78, 5) is 11.1. The van der Waals surface area contributed by atoms with E-state index in [-0.39, 0.29) is 18.2 Å². The second kappa shape index (κ2) is 5.95. The molecule has 84 valence electrons. The summed E-state index contributed by atoms with van der Waals surface area (Å²) in [6, 6.07) is 3.78. The van der Waals surface area contributed by atoms with Crippen molar-refractivity contribution < 1.29 is 14.6 Å². The fourth-order valence-corrected chi connectivity index (χ4v) is 1.38. The van der Waals surface area contributed by atoms with E-state index in [0.717, 1.165) is 4.47 Å². The van der Waals surface area contributed by atoms with E-state index >= 15 is 0 Å². The van der Waals surface area contributed by atoms with Crippen molar-refractivity contribution in [2.75, 3.05) is 7.11 Å². The van der Waals surface area contributed by atoms with E-state index in [0.29, 0.717) is 5.56 Å². The molecule has 4 nitrogen and oxygen atoms in total. The maximum Gasteiger partial charge on any atom is 0.327 e. The summed E-state index contributed by atoms with van der Waals surface area (Å²) in [5.74, 6) is -0.611. The van der Waals surface area contributed by atoms with E-state index in [1.807, 2.05) is 0 Å². The number of phenolic OH excluding ortho intramolecular Hbond substituents is 1. The number of hydrogen-bond acceptors (Lipinski definition) is 4. The van der Waals surface area contributed by atoms with Gasteiger partial charge in [-0.15, -0.1) is 12.4 Å². The van der Waals surface area contributed by atoms with Gasteiger partial charge in [0, 0.05) is 10.0 Å². The smallest absolute Gasteiger partial charge is 0.327 e. The van der Waals surface area contributed by atoms with Crippen LogP contribution in [0.3, 0.4) is 0 Å². The molecule has 6 heteroatoms. The summed E-state index contributed by atoms with van der Waals surface area (Å²) in [5.41, 5.74) is 5.90. The number of phenols is 1. The van der Waals surface area contributed by atoms with E-state index < -0.39 is 12.0 Å². The first-order chi connectivity index (χ1) is 6.56. The van der Waals surface area contributed by atoms with E-state index in [1.54, 1.807) is 12.1 Å². The van der Waals surface area contributed by atoms with Crippen LogP contribution in [0.2, 0.25) is 0 Å². The van der Waals surface area contributed by atoms with Gasteiger partial charge in [0.25, 0.3) is 0 Å². The minimum Gasteiger partial charge on any atom is -0.508 e. The number of aromatic hydroxyl groups is 1. The summed E-state index contributed by atoms with van der Waals surface area (Å²) in [7, 11) is 1.25. The molecule has 15 heavy (non-hydrogen) atoms. The molecule has 1 aromatic rings. The van der Waals surface area contributed by atoms with Crippen LogP contribution in [0.15, 0.2) is 22.7 Å². The lowest BCUT2D eigenvalue weighted by atomic mass is 10.1. The van der Waals surface area contributed by atoms with Crippen LogP contribution in [0.25, 0.3) is 0 Å². The number of esters is 1. The van der Waals surface area contributed by atoms with Crippen LogP contribution in [-0.2, 0) is 9.53 Å². The highest BCUT2D eigenvalue weighted by Crippen LogP contribution is 2.26. The molecule has 0 aliphatic rings. The molecule has 0 aromatic heterocycles. The lowest BCUT2D eigenvalue weighted by Gasteiger charge is -2.11. The van der Waals surface area contributed by atoms with Crippen molar-refractivity contribution in [1.29, 1.82) is 0 Å². The monoisotopic (exact) mass is 295 g/mol. The van der Waals surface area contributed by atoms with Gasteiger partial charge >= 0.3 is 5.97 Å². The van der Waals surface area contributed by atoms with E-state index in [2.05, 4.69) is 20.7 Å². The summed E-state index contributed by atoms with van der Waals surface area (Å²) in [6.45, 7) is 0. The quantitative estimate of drug-likeness (QED) is 0.816. The maximum absolute atomic E-state index is 11.1. The summed E-state index contributed by atoms with van der Waals surface area (Å²) in [5, 5.41) is 9.49. The minimum absolute atomic E-state index is 0. The Kier molecular flexibility index (Phi) is 5.64. The topological polar surface area (TPSA) is 72.5 Å². The molecule has 0 heterocycles. The third kappa shape index (κ3) is 3.37. The van der Waals surface area contributed by atoms with Gasteiger partial charge in [-0.3, -0.25) is 4.79 Å². The van der Waals surface area contributed by atoms with Gasteiger partial charge in [0.15, 0.2) is 0 Å². The van der Waals surface area contributed by atoms with Crippen LogP contribution in [0, 0.1) is 0 Å². The minimum atomic E-state index is -0.951. The fraction of sp³-hybridized carbons (Fsp3) is 0.222. The molecule has 1 aromatic carbocycles. The molecule has 0 radical (unpaired) electrons. The predicted molar refractivity (Wildman–Crippen MR) is 62.0 cm³/mol. The number of halogens is 2. The fourth-order valence-electron chi connectivity index (χ4n) is 1.03. The van der Waals surface area contributed by atoms with Gasteiger partial charge in [0.05, 0.1) is 7.11 Å². The summed E-state index contributed by atoms with van der Waals surface area (Å²) in [6.07, 6.45) is 0. The van der Waals surface area contributed by atoms with Crippen LogP contribution in [0.5, 0.6) is 5.75 Å². The maximum atomic E-state index is 11.1. The van der Waals surface area contributed by atoms with Gasteiger partial charge in [-0.05, 0) is 12.1 Å². The van der Waals surface area contributed by atoms with Gasteiger partial charge < -0.3 is 15.6 Å². The SMILES string of the molecule is COC(=O)[C@H](N)c1ccc(Br)cc1O.Cl. The molecule has 0 saturated carbocycles. The molecular formula is C9H11BrClNO3. The number of nitrogens with two attached hydrogens (primary N) is 1. The third-order valence-electron chi connectivity index (χ3n) is 1.78. The highest BCUT2D eigenvalue weighted by Gasteiger charge is 2.19. The normalized spacial score (nSPS) is 11.4. The number of ether oxygens (including phenoxy) is 1. The number of hydrogen-bond donors (Lipinski definition) is 2. The molecule has 3 N–H and O–H groups in total. The molecule has 0 bridgehead atoms. The van der Waals surface area contributed by atoms with E-state index in [1.165, 1.54) is 13.2 Å². The van der Waals surface area contributed by atoms with Crippen molar-refractivity contribution in [3.63, 3.8) is 0 Å². The number of rotatable bonds is 2. The van der Waals surface area contributed by atoms with Crippen molar-refractivity contribution in [2.45, 2.75) is 6.04 Å². The highest BCUT2D eigenvalue weighted by atomic mass is 79.9. The third-order valence-corrected chi connectivity index (χ3v) is 2.28. The number of methoxy groups -OCH3 is 1. The van der Waals surface area contributed by atoms with Crippen molar-refractivity contribution in [3.8, 4) is 5.75 Å². The average molecular weight is 297 g/mol. The predicted octanol–water partition coefficient (Wildman–Crippen LogP) is 1.75. The van der Waals surface area contributed by atoms with Gasteiger partial charge in [0.2, 0.25) is 0 Å². The Balaban J connectivity index is 0.00000196. The first-order valence-corrected chi connectivity index (χ1v) is 4.67. The number of carbonyl (C=O) groups excluding carboxylic acids is 1. The molecule has 0 amide bonds. The lowest BCUT2D eigenvalue weighted by molar-refractivity contribution is -0.142. The average Bonchev–Trinajstić information content (AvgIpc) is 2.15. The first-order valence-electron chi connectivity index (χ1n) is 3.88. The molecule has 0 fully saturated rings. The second-order valence-corrected chi connectivity index (χ2v) is 3.62. The number of carbonyl (C=O) groups is 1. The van der Waals surface area contributed by atoms with Crippen molar-refractivity contribution in [3.05, 3.63) is 28.2 Å². The van der Waals surface area contributed by atoms with Crippen molar-refractivity contribution in [2.24, 2.45) is 5.73 Å². The molecule has 1 atom stereocenters. The Morgan fingerprint density at radius 1 is 1.60 bits per heavy atom. The largest absolute Gasteiger partial charge is 0.508 e. The van der Waals surface area contributed by atoms with Gasteiger partial charge in [0.1, 0.15) is 11.8 Å². The molecule has 0 unspecified atom stereocenters. The Hall–Kier alpha value is -0.780. The molecular weight excluding hydrogens is 285 g/mol. The van der Waals surface area contributed by atoms with Crippen LogP contribution < -0.4 is 5.73 Å². The Labute approximate surface area is 102 Å². The molecule has 1 rings (SSSR count). The highest BCUT2D eigenvalue weighted by molar-refractivity contribution is 9.10. The van der Waals surface area contributed by atoms with E-state index in [4.69, 9.17) is 5.73 Å². The Bertz CT molecular complexity index is 359. The Morgan fingerprint density at radius 2 is 2.20 bits per heavy atom. The van der Waals surface area contributed by atoms with Crippen LogP contribution >= 0.6 is 28.3 Å². The molecule has 0 aliphatic heterocycles. The molecule has 0 aliphatic carbocycles. The van der Waals surface area contributed by atoms with Crippen LogP contribution in [0.4, 0.5) is 0 Å². The summed E-state index contributed by atoms with van der Waals surface area (Å²) >= 11 is 3.18. The number of benzene rings is 1. The van der Waals surface area contributed by atoms with Gasteiger partial charge in [-0.1, -0.05) is 22.0 Å². The first kappa shape index (κ1) is 14.2. The van der Waals surface area contributed by atoms with Crippen molar-refractivity contribution >= 4 is 34.3 Å². The standard InChI is InChI=1S/C9H10BrNO3.ClH/c1-14-9(13)8(11)6-3-2-5(10)4-7(6)12;/h2-4,8,12H,11H2,1H3;1H/t8-;/m1./s1. The molecule has 0 spiro atoms.